The molecule has 17 heavy (non-hydrogen) atoms. The molecule has 0 spiro atoms. The third-order valence-electron chi connectivity index (χ3n) is 2.53. The lowest BCUT2D eigenvalue weighted by atomic mass is 10.1. The van der Waals surface area contributed by atoms with E-state index < -0.39 is 0 Å². The van der Waals surface area contributed by atoms with Crippen molar-refractivity contribution in [2.24, 2.45) is 0 Å². The van der Waals surface area contributed by atoms with E-state index in [1.54, 1.807) is 0 Å². The van der Waals surface area contributed by atoms with Gasteiger partial charge in [-0.1, -0.05) is 0 Å². The number of esters is 1. The molecule has 0 radical (unpaired) electrons. The van der Waals surface area contributed by atoms with Crippen LogP contribution in [0.4, 0.5) is 0 Å². The zero-order valence-electron chi connectivity index (χ0n) is 11.4. The molecule has 1 aliphatic carbocycles. The van der Waals surface area contributed by atoms with Gasteiger partial charge in [0, 0.05) is 12.6 Å². The van der Waals surface area contributed by atoms with E-state index in [0.717, 1.165) is 12.8 Å². The van der Waals surface area contributed by atoms with Crippen molar-refractivity contribution in [3.05, 3.63) is 0 Å². The molecule has 0 heterocycles. The highest BCUT2D eigenvalue weighted by molar-refractivity contribution is 5.75. The molecular formula is C13H25NO3. The molecule has 1 unspecified atom stereocenters. The van der Waals surface area contributed by atoms with Gasteiger partial charge >= 0.3 is 5.97 Å². The summed E-state index contributed by atoms with van der Waals surface area (Å²) in [7, 11) is 0. The summed E-state index contributed by atoms with van der Waals surface area (Å²) < 4.78 is 10.7. The van der Waals surface area contributed by atoms with Gasteiger partial charge in [0.2, 0.25) is 0 Å². The van der Waals surface area contributed by atoms with E-state index in [0.29, 0.717) is 25.7 Å². The van der Waals surface area contributed by atoms with Crippen LogP contribution in [0.3, 0.4) is 0 Å². The number of carbonyl (C=O) groups is 1. The number of hydrogen-bond acceptors (Lipinski definition) is 4. The summed E-state index contributed by atoms with van der Waals surface area (Å²) in [4.78, 5) is 11.7. The first-order chi connectivity index (χ1) is 7.92. The Kier molecular flexibility index (Phi) is 5.40. The molecule has 1 saturated carbocycles. The van der Waals surface area contributed by atoms with Crippen LogP contribution in [0.5, 0.6) is 0 Å². The molecule has 0 aromatic heterocycles. The zero-order valence-corrected chi connectivity index (χ0v) is 11.4. The number of rotatable bonds is 7. The van der Waals surface area contributed by atoms with E-state index in [1.165, 1.54) is 0 Å². The van der Waals surface area contributed by atoms with Crippen molar-refractivity contribution in [2.45, 2.75) is 64.6 Å². The number of carbonyl (C=O) groups excluding carboxylic acids is 1. The van der Waals surface area contributed by atoms with E-state index in [-0.39, 0.29) is 17.6 Å². The molecule has 0 amide bonds. The van der Waals surface area contributed by atoms with Crippen LogP contribution in [0, 0.1) is 0 Å². The highest BCUT2D eigenvalue weighted by Crippen LogP contribution is 2.20. The minimum Gasteiger partial charge on any atom is -0.465 e. The Bertz CT molecular complexity index is 244. The normalized spacial score (nSPS) is 17.9. The van der Waals surface area contributed by atoms with Gasteiger partial charge in [-0.3, -0.25) is 4.79 Å². The number of hydrogen-bond donors (Lipinski definition) is 1. The molecule has 0 saturated heterocycles. The van der Waals surface area contributed by atoms with Gasteiger partial charge in [0.25, 0.3) is 0 Å². The van der Waals surface area contributed by atoms with E-state index in [1.807, 2.05) is 27.7 Å². The third-order valence-corrected chi connectivity index (χ3v) is 2.53. The van der Waals surface area contributed by atoms with Gasteiger partial charge in [0.1, 0.15) is 6.04 Å². The lowest BCUT2D eigenvalue weighted by Crippen LogP contribution is -2.40. The van der Waals surface area contributed by atoms with E-state index >= 15 is 0 Å². The van der Waals surface area contributed by atoms with Crippen molar-refractivity contribution in [2.75, 3.05) is 13.2 Å². The Morgan fingerprint density at radius 2 is 2.06 bits per heavy atom. The first-order valence-corrected chi connectivity index (χ1v) is 6.49. The van der Waals surface area contributed by atoms with Gasteiger partial charge in [-0.15, -0.1) is 0 Å². The summed E-state index contributed by atoms with van der Waals surface area (Å²) in [6, 6.07) is 0.281. The molecule has 0 aromatic rings. The lowest BCUT2D eigenvalue weighted by molar-refractivity contribution is -0.146. The molecule has 1 fully saturated rings. The van der Waals surface area contributed by atoms with Gasteiger partial charge in [-0.2, -0.15) is 0 Å². The van der Waals surface area contributed by atoms with Crippen LogP contribution in [-0.2, 0) is 14.3 Å². The Labute approximate surface area is 104 Å². The minimum atomic E-state index is -0.218. The smallest absolute Gasteiger partial charge is 0.323 e. The van der Waals surface area contributed by atoms with E-state index in [9.17, 15) is 4.79 Å². The van der Waals surface area contributed by atoms with E-state index in [4.69, 9.17) is 9.47 Å². The highest BCUT2D eigenvalue weighted by atomic mass is 16.5. The van der Waals surface area contributed by atoms with Crippen molar-refractivity contribution in [3.8, 4) is 0 Å². The monoisotopic (exact) mass is 243 g/mol. The van der Waals surface area contributed by atoms with Crippen molar-refractivity contribution in [3.63, 3.8) is 0 Å². The SMILES string of the molecule is CCOC(=O)C(CCOC(C)(C)C)NC1CC1. The second kappa shape index (κ2) is 6.36. The molecular weight excluding hydrogens is 218 g/mol. The molecule has 0 aliphatic heterocycles. The Hall–Kier alpha value is -0.610. The fraction of sp³-hybridized carbons (Fsp3) is 0.923. The van der Waals surface area contributed by atoms with Crippen molar-refractivity contribution >= 4 is 5.97 Å². The predicted octanol–water partition coefficient (Wildman–Crippen LogP) is 1.88. The van der Waals surface area contributed by atoms with Crippen LogP contribution < -0.4 is 5.32 Å². The summed E-state index contributed by atoms with van der Waals surface area (Å²) in [6.07, 6.45) is 3.00. The average molecular weight is 243 g/mol. The maximum absolute atomic E-state index is 11.7. The van der Waals surface area contributed by atoms with Gasteiger partial charge in [0.05, 0.1) is 12.2 Å². The van der Waals surface area contributed by atoms with Crippen LogP contribution in [0.15, 0.2) is 0 Å². The van der Waals surface area contributed by atoms with Crippen LogP contribution in [-0.4, -0.2) is 36.9 Å². The maximum atomic E-state index is 11.7. The molecule has 100 valence electrons. The third kappa shape index (κ3) is 6.64. The summed E-state index contributed by atoms with van der Waals surface area (Å²) >= 11 is 0. The fourth-order valence-electron chi connectivity index (χ4n) is 1.53. The van der Waals surface area contributed by atoms with Crippen molar-refractivity contribution in [1.82, 2.24) is 5.32 Å². The molecule has 1 atom stereocenters. The zero-order chi connectivity index (χ0) is 12.9. The molecule has 4 nitrogen and oxygen atoms in total. The summed E-state index contributed by atoms with van der Waals surface area (Å²) in [6.45, 7) is 8.88. The van der Waals surface area contributed by atoms with E-state index in [2.05, 4.69) is 5.32 Å². The molecule has 1 N–H and O–H groups in total. The molecule has 4 heteroatoms. The van der Waals surface area contributed by atoms with Crippen molar-refractivity contribution < 1.29 is 14.3 Å². The average Bonchev–Trinajstić information content (AvgIpc) is 2.98. The standard InChI is InChI=1S/C13H25NO3/c1-5-16-12(15)11(14-10-6-7-10)8-9-17-13(2,3)4/h10-11,14H,5-9H2,1-4H3. The van der Waals surface area contributed by atoms with Gasteiger partial charge in [-0.25, -0.2) is 0 Å². The maximum Gasteiger partial charge on any atom is 0.323 e. The molecule has 1 aliphatic rings. The minimum absolute atomic E-state index is 0.154. The van der Waals surface area contributed by atoms with Gasteiger partial charge in [0.15, 0.2) is 0 Å². The predicted molar refractivity (Wildman–Crippen MR) is 66.9 cm³/mol. The van der Waals surface area contributed by atoms with Crippen LogP contribution >= 0.6 is 0 Å². The van der Waals surface area contributed by atoms with Crippen LogP contribution in [0.2, 0.25) is 0 Å². The second-order valence-corrected chi connectivity index (χ2v) is 5.50. The number of ether oxygens (including phenoxy) is 2. The second-order valence-electron chi connectivity index (χ2n) is 5.50. The molecule has 0 bridgehead atoms. The molecule has 0 aromatic carbocycles. The quantitative estimate of drug-likeness (QED) is 0.694. The van der Waals surface area contributed by atoms with Crippen LogP contribution in [0.1, 0.15) is 47.0 Å². The summed E-state index contributed by atoms with van der Waals surface area (Å²) in [5.74, 6) is -0.156. The first-order valence-electron chi connectivity index (χ1n) is 6.49. The largest absolute Gasteiger partial charge is 0.465 e. The lowest BCUT2D eigenvalue weighted by Gasteiger charge is -2.22. The first kappa shape index (κ1) is 14.5. The van der Waals surface area contributed by atoms with Gasteiger partial charge < -0.3 is 14.8 Å². The molecule has 1 rings (SSSR count). The van der Waals surface area contributed by atoms with Gasteiger partial charge in [-0.05, 0) is 47.0 Å². The summed E-state index contributed by atoms with van der Waals surface area (Å²) in [5.41, 5.74) is -0.154. The van der Waals surface area contributed by atoms with Crippen LogP contribution in [0.25, 0.3) is 0 Å². The topological polar surface area (TPSA) is 47.6 Å². The highest BCUT2D eigenvalue weighted by Gasteiger charge is 2.29. The number of nitrogens with one attached hydrogen (secondary N) is 1. The Balaban J connectivity index is 2.31. The summed E-state index contributed by atoms with van der Waals surface area (Å²) in [5, 5.41) is 3.31. The van der Waals surface area contributed by atoms with Crippen molar-refractivity contribution in [1.29, 1.82) is 0 Å². The Morgan fingerprint density at radius 1 is 1.41 bits per heavy atom. The Morgan fingerprint density at radius 3 is 2.53 bits per heavy atom. The fourth-order valence-corrected chi connectivity index (χ4v) is 1.53.